The van der Waals surface area contributed by atoms with Crippen molar-refractivity contribution in [2.24, 2.45) is 5.92 Å². The van der Waals surface area contributed by atoms with Gasteiger partial charge in [0.1, 0.15) is 0 Å². The SMILES string of the molecule is C=Cc1c(C)c2cc3nc(cc4[nH]c(cc5nc(cc1[nH]2)C(C)=C5C(C)C)c(C)c4CCC(=O)O)C(CC)=C3C. The molecule has 2 aliphatic heterocycles. The quantitative estimate of drug-likeness (QED) is 0.295. The van der Waals surface area contributed by atoms with Crippen molar-refractivity contribution in [3.63, 3.8) is 0 Å². The average molecular weight is 535 g/mol. The molecule has 0 fully saturated rings. The smallest absolute Gasteiger partial charge is 0.303 e. The minimum absolute atomic E-state index is 0.0655. The van der Waals surface area contributed by atoms with Gasteiger partial charge in [-0.2, -0.15) is 0 Å². The van der Waals surface area contributed by atoms with Gasteiger partial charge in [-0.05, 0) is 110 Å². The van der Waals surface area contributed by atoms with Crippen LogP contribution in [-0.4, -0.2) is 31.0 Å². The van der Waals surface area contributed by atoms with Gasteiger partial charge in [-0.3, -0.25) is 4.79 Å². The van der Waals surface area contributed by atoms with E-state index < -0.39 is 5.97 Å². The van der Waals surface area contributed by atoms with Gasteiger partial charge in [0.2, 0.25) is 0 Å². The Kier molecular flexibility index (Phi) is 7.13. The molecule has 0 radical (unpaired) electrons. The van der Waals surface area contributed by atoms with E-state index in [1.165, 1.54) is 11.1 Å². The van der Waals surface area contributed by atoms with Crippen LogP contribution in [0.5, 0.6) is 0 Å². The van der Waals surface area contributed by atoms with Crippen LogP contribution in [0, 0.1) is 19.8 Å². The van der Waals surface area contributed by atoms with E-state index in [1.54, 1.807) is 0 Å². The molecule has 2 aliphatic rings. The second kappa shape index (κ2) is 10.4. The molecule has 5 rings (SSSR count). The molecular formula is C34H38N4O2. The molecule has 0 unspecified atom stereocenters. The van der Waals surface area contributed by atoms with Crippen LogP contribution in [0.25, 0.3) is 50.4 Å². The summed E-state index contributed by atoms with van der Waals surface area (Å²) in [6.07, 6.45) is 3.26. The molecule has 206 valence electrons. The number of fused-ring (bicyclic) bond motifs is 8. The fraction of sp³-hybridized carbons (Fsp3) is 0.324. The van der Waals surface area contributed by atoms with Crippen molar-refractivity contribution in [2.75, 3.05) is 0 Å². The standard InChI is InChI=1S/C34H38N4O2/c1-9-22-18(5)25-13-26-19(6)23(10-2)30(36-26)16-31-24(11-12-33(39)40)20(7)27(37-31)15-32-34(17(3)4)21(8)28(38-32)14-29(22)35-25/h9,13-17,35,37H,1,10-12H2,2-8H3,(H,39,40). The number of aryl methyl sites for hydroxylation is 3. The highest BCUT2D eigenvalue weighted by molar-refractivity contribution is 5.95. The number of carboxylic acids is 1. The third-order valence-electron chi connectivity index (χ3n) is 8.36. The van der Waals surface area contributed by atoms with Gasteiger partial charge < -0.3 is 15.1 Å². The van der Waals surface area contributed by atoms with Crippen molar-refractivity contribution in [2.45, 2.75) is 67.7 Å². The third kappa shape index (κ3) is 4.61. The summed E-state index contributed by atoms with van der Waals surface area (Å²) < 4.78 is 0. The van der Waals surface area contributed by atoms with E-state index in [9.17, 15) is 9.90 Å². The van der Waals surface area contributed by atoms with E-state index in [0.29, 0.717) is 6.42 Å². The molecule has 0 saturated heterocycles. The lowest BCUT2D eigenvalue weighted by molar-refractivity contribution is -0.136. The maximum atomic E-state index is 11.5. The van der Waals surface area contributed by atoms with Gasteiger partial charge in [0, 0.05) is 34.1 Å². The Hall–Kier alpha value is -4.19. The Balaban J connectivity index is 1.97. The van der Waals surface area contributed by atoms with Gasteiger partial charge >= 0.3 is 5.97 Å². The highest BCUT2D eigenvalue weighted by Gasteiger charge is 2.21. The second-order valence-electron chi connectivity index (χ2n) is 11.1. The molecule has 0 atom stereocenters. The third-order valence-corrected chi connectivity index (χ3v) is 8.36. The maximum Gasteiger partial charge on any atom is 0.303 e. The first-order valence-corrected chi connectivity index (χ1v) is 14.0. The molecule has 0 aromatic carbocycles. The van der Waals surface area contributed by atoms with Crippen molar-refractivity contribution < 1.29 is 9.90 Å². The first-order chi connectivity index (χ1) is 19.0. The zero-order valence-corrected chi connectivity index (χ0v) is 24.5. The number of hydrogen-bond acceptors (Lipinski definition) is 3. The van der Waals surface area contributed by atoms with Gasteiger partial charge in [-0.1, -0.05) is 33.4 Å². The van der Waals surface area contributed by atoms with Crippen molar-refractivity contribution >= 4 is 56.4 Å². The van der Waals surface area contributed by atoms with Gasteiger partial charge in [0.15, 0.2) is 0 Å². The molecule has 0 amide bonds. The van der Waals surface area contributed by atoms with Crippen LogP contribution < -0.4 is 0 Å². The molecule has 8 bridgehead atoms. The van der Waals surface area contributed by atoms with E-state index in [0.717, 1.165) is 84.7 Å². The zero-order chi connectivity index (χ0) is 28.9. The van der Waals surface area contributed by atoms with Crippen molar-refractivity contribution in [1.82, 2.24) is 19.9 Å². The number of allylic oxidation sites excluding steroid dienone is 4. The lowest BCUT2D eigenvalue weighted by atomic mass is 9.95. The number of rotatable bonds is 6. The zero-order valence-electron chi connectivity index (χ0n) is 24.5. The summed E-state index contributed by atoms with van der Waals surface area (Å²) in [5, 5.41) is 9.46. The number of aromatic nitrogens is 4. The highest BCUT2D eigenvalue weighted by Crippen LogP contribution is 2.37. The summed E-state index contributed by atoms with van der Waals surface area (Å²) >= 11 is 0. The Morgan fingerprint density at radius 3 is 2.10 bits per heavy atom. The van der Waals surface area contributed by atoms with Gasteiger partial charge in [-0.25, -0.2) is 9.97 Å². The van der Waals surface area contributed by atoms with Crippen LogP contribution >= 0.6 is 0 Å². The Labute approximate surface area is 235 Å². The van der Waals surface area contributed by atoms with Gasteiger partial charge in [-0.15, -0.1) is 0 Å². The van der Waals surface area contributed by atoms with Crippen LogP contribution in [0.1, 0.15) is 92.5 Å². The number of aliphatic carboxylic acids is 1. The fourth-order valence-electron chi connectivity index (χ4n) is 6.14. The molecule has 6 heteroatoms. The lowest BCUT2D eigenvalue weighted by Gasteiger charge is -2.08. The maximum absolute atomic E-state index is 11.5. The van der Waals surface area contributed by atoms with E-state index >= 15 is 0 Å². The Morgan fingerprint density at radius 1 is 0.875 bits per heavy atom. The predicted octanol–water partition coefficient (Wildman–Crippen LogP) is 8.52. The normalized spacial score (nSPS) is 13.5. The van der Waals surface area contributed by atoms with Crippen LogP contribution in [0.15, 0.2) is 30.8 Å². The van der Waals surface area contributed by atoms with Gasteiger partial charge in [0.25, 0.3) is 0 Å². The summed E-state index contributed by atoms with van der Waals surface area (Å²) in [7, 11) is 0. The molecule has 5 heterocycles. The largest absolute Gasteiger partial charge is 0.481 e. The lowest BCUT2D eigenvalue weighted by Crippen LogP contribution is -1.98. The number of carboxylic acid groups (broad SMARTS) is 1. The first kappa shape index (κ1) is 27.4. The average Bonchev–Trinajstić information content (AvgIpc) is 3.55. The highest BCUT2D eigenvalue weighted by atomic mass is 16.4. The predicted molar refractivity (Wildman–Crippen MR) is 167 cm³/mol. The minimum Gasteiger partial charge on any atom is -0.481 e. The van der Waals surface area contributed by atoms with Crippen LogP contribution in [0.3, 0.4) is 0 Å². The second-order valence-corrected chi connectivity index (χ2v) is 11.1. The number of hydrogen-bond donors (Lipinski definition) is 3. The van der Waals surface area contributed by atoms with Crippen molar-refractivity contribution in [1.29, 1.82) is 0 Å². The molecule has 3 N–H and O–H groups in total. The summed E-state index contributed by atoms with van der Waals surface area (Å²) in [4.78, 5) is 29.0. The number of carbonyl (C=O) groups is 1. The number of nitrogens with one attached hydrogen (secondary N) is 2. The molecule has 3 aromatic heterocycles. The Morgan fingerprint density at radius 2 is 1.45 bits per heavy atom. The van der Waals surface area contributed by atoms with Crippen LogP contribution in [0.2, 0.25) is 0 Å². The van der Waals surface area contributed by atoms with E-state index in [2.05, 4.69) is 89.3 Å². The minimum atomic E-state index is -0.807. The van der Waals surface area contributed by atoms with E-state index in [1.807, 2.05) is 6.08 Å². The Bertz CT molecular complexity index is 1790. The number of nitrogens with zero attached hydrogens (tertiary/aromatic N) is 2. The monoisotopic (exact) mass is 534 g/mol. The van der Waals surface area contributed by atoms with Gasteiger partial charge in [0.05, 0.1) is 22.8 Å². The molecule has 40 heavy (non-hydrogen) atoms. The molecule has 3 aromatic rings. The molecule has 6 nitrogen and oxygen atoms in total. The topological polar surface area (TPSA) is 94.7 Å². The molecular weight excluding hydrogens is 496 g/mol. The number of H-pyrrole nitrogens is 2. The summed E-state index contributed by atoms with van der Waals surface area (Å²) in [6, 6.07) is 8.45. The fourth-order valence-corrected chi connectivity index (χ4v) is 6.14. The molecule has 0 saturated carbocycles. The molecule has 0 spiro atoms. The van der Waals surface area contributed by atoms with E-state index in [4.69, 9.17) is 9.97 Å². The van der Waals surface area contributed by atoms with Crippen LogP contribution in [0.4, 0.5) is 0 Å². The summed E-state index contributed by atoms with van der Waals surface area (Å²) in [5.41, 5.74) is 16.5. The van der Waals surface area contributed by atoms with Crippen molar-refractivity contribution in [3.05, 3.63) is 75.9 Å². The van der Waals surface area contributed by atoms with Crippen LogP contribution in [-0.2, 0) is 11.2 Å². The van der Waals surface area contributed by atoms with E-state index in [-0.39, 0.29) is 12.3 Å². The molecule has 0 aliphatic carbocycles. The summed E-state index contributed by atoms with van der Waals surface area (Å²) in [6.45, 7) is 19.1. The van der Waals surface area contributed by atoms with Crippen molar-refractivity contribution in [3.8, 4) is 0 Å². The first-order valence-electron chi connectivity index (χ1n) is 14.0. The summed E-state index contributed by atoms with van der Waals surface area (Å²) in [5.74, 6) is -0.524. The number of aromatic amines is 2.